The van der Waals surface area contributed by atoms with Crippen LogP contribution in [0.2, 0.25) is 0 Å². The van der Waals surface area contributed by atoms with Gasteiger partial charge in [-0.3, -0.25) is 0 Å². The van der Waals surface area contributed by atoms with Crippen LogP contribution >= 0.6 is 0 Å². The second-order valence-electron chi connectivity index (χ2n) is 3.99. The Morgan fingerprint density at radius 3 is 2.47 bits per heavy atom. The van der Waals surface area contributed by atoms with E-state index in [1.807, 2.05) is 0 Å². The topological polar surface area (TPSA) is 56.5 Å². The molecule has 0 spiro atoms. The summed E-state index contributed by atoms with van der Waals surface area (Å²) in [6, 6.07) is 3.19. The Kier molecular flexibility index (Phi) is 5.44. The van der Waals surface area contributed by atoms with Crippen molar-refractivity contribution in [3.63, 3.8) is 0 Å². The standard InChI is InChI=1S/C12H17F3N2O2/c1-18-7-9(19-2)6-17-11-4-3-8(5-10(11)16)12(13,14)15/h3-5,9,17H,6-7,16H2,1-2H3. The fourth-order valence-electron chi connectivity index (χ4n) is 1.52. The Morgan fingerprint density at radius 1 is 1.32 bits per heavy atom. The zero-order valence-electron chi connectivity index (χ0n) is 10.8. The van der Waals surface area contributed by atoms with Gasteiger partial charge in [0.05, 0.1) is 29.6 Å². The van der Waals surface area contributed by atoms with Crippen LogP contribution in [0.5, 0.6) is 0 Å². The molecule has 4 nitrogen and oxygen atoms in total. The smallest absolute Gasteiger partial charge is 0.397 e. The number of nitrogens with one attached hydrogen (secondary N) is 1. The molecular weight excluding hydrogens is 261 g/mol. The average molecular weight is 278 g/mol. The number of nitrogen functional groups attached to an aromatic ring is 1. The molecule has 108 valence electrons. The van der Waals surface area contributed by atoms with Crippen molar-refractivity contribution in [3.8, 4) is 0 Å². The second kappa shape index (κ2) is 6.63. The van der Waals surface area contributed by atoms with Crippen LogP contribution in [-0.4, -0.2) is 33.5 Å². The minimum Gasteiger partial charge on any atom is -0.397 e. The van der Waals surface area contributed by atoms with Gasteiger partial charge < -0.3 is 20.5 Å². The molecule has 0 radical (unpaired) electrons. The first-order valence-electron chi connectivity index (χ1n) is 5.60. The fourth-order valence-corrected chi connectivity index (χ4v) is 1.52. The lowest BCUT2D eigenvalue weighted by molar-refractivity contribution is -0.137. The summed E-state index contributed by atoms with van der Waals surface area (Å²) in [4.78, 5) is 0. The number of ether oxygens (including phenoxy) is 2. The summed E-state index contributed by atoms with van der Waals surface area (Å²) in [5, 5.41) is 2.93. The van der Waals surface area contributed by atoms with Crippen molar-refractivity contribution in [2.45, 2.75) is 12.3 Å². The van der Waals surface area contributed by atoms with Gasteiger partial charge in [0.2, 0.25) is 0 Å². The summed E-state index contributed by atoms with van der Waals surface area (Å²) in [7, 11) is 3.07. The fraction of sp³-hybridized carbons (Fsp3) is 0.500. The lowest BCUT2D eigenvalue weighted by Crippen LogP contribution is -2.26. The molecule has 0 aliphatic carbocycles. The Hall–Kier alpha value is -1.47. The van der Waals surface area contributed by atoms with Crippen LogP contribution in [0.3, 0.4) is 0 Å². The van der Waals surface area contributed by atoms with E-state index in [4.69, 9.17) is 15.2 Å². The van der Waals surface area contributed by atoms with E-state index in [0.717, 1.165) is 12.1 Å². The summed E-state index contributed by atoms with van der Waals surface area (Å²) in [5.74, 6) is 0. The average Bonchev–Trinajstić information content (AvgIpc) is 2.34. The van der Waals surface area contributed by atoms with Gasteiger partial charge in [-0.25, -0.2) is 0 Å². The van der Waals surface area contributed by atoms with Gasteiger partial charge in [0.1, 0.15) is 0 Å². The first kappa shape index (κ1) is 15.6. The van der Waals surface area contributed by atoms with Gasteiger partial charge in [-0.15, -0.1) is 0 Å². The van der Waals surface area contributed by atoms with Crippen LogP contribution in [0.4, 0.5) is 24.5 Å². The molecular formula is C12H17F3N2O2. The molecule has 0 saturated heterocycles. The van der Waals surface area contributed by atoms with E-state index in [0.29, 0.717) is 18.8 Å². The summed E-state index contributed by atoms with van der Waals surface area (Å²) in [6.07, 6.45) is -4.59. The number of benzene rings is 1. The van der Waals surface area contributed by atoms with Crippen molar-refractivity contribution in [2.75, 3.05) is 38.4 Å². The van der Waals surface area contributed by atoms with E-state index in [2.05, 4.69) is 5.32 Å². The Bertz CT molecular complexity index is 410. The van der Waals surface area contributed by atoms with Gasteiger partial charge in [-0.05, 0) is 18.2 Å². The molecule has 0 aliphatic rings. The molecule has 0 aliphatic heterocycles. The lowest BCUT2D eigenvalue weighted by atomic mass is 10.1. The summed E-state index contributed by atoms with van der Waals surface area (Å²) in [6.45, 7) is 0.768. The molecule has 1 aromatic rings. The molecule has 19 heavy (non-hydrogen) atoms. The minimum absolute atomic E-state index is 0.0436. The number of alkyl halides is 3. The minimum atomic E-state index is -4.39. The van der Waals surface area contributed by atoms with Crippen LogP contribution in [0, 0.1) is 0 Å². The van der Waals surface area contributed by atoms with Crippen LogP contribution in [-0.2, 0) is 15.7 Å². The number of anilines is 2. The van der Waals surface area contributed by atoms with Crippen molar-refractivity contribution in [1.82, 2.24) is 0 Å². The SMILES string of the molecule is COCC(CNc1ccc(C(F)(F)F)cc1N)OC. The lowest BCUT2D eigenvalue weighted by Gasteiger charge is -2.17. The second-order valence-corrected chi connectivity index (χ2v) is 3.99. The Morgan fingerprint density at radius 2 is 2.00 bits per heavy atom. The maximum Gasteiger partial charge on any atom is 0.416 e. The predicted molar refractivity (Wildman–Crippen MR) is 67.0 cm³/mol. The molecule has 7 heteroatoms. The molecule has 0 saturated carbocycles. The maximum absolute atomic E-state index is 12.5. The number of methoxy groups -OCH3 is 2. The number of halogens is 3. The van der Waals surface area contributed by atoms with Crippen LogP contribution < -0.4 is 11.1 Å². The third kappa shape index (κ3) is 4.60. The summed E-state index contributed by atoms with van der Waals surface area (Å²) >= 11 is 0. The highest BCUT2D eigenvalue weighted by Gasteiger charge is 2.30. The van der Waals surface area contributed by atoms with Gasteiger partial charge in [-0.1, -0.05) is 0 Å². The molecule has 1 aromatic carbocycles. The molecule has 1 atom stereocenters. The number of hydrogen-bond acceptors (Lipinski definition) is 4. The van der Waals surface area contributed by atoms with Gasteiger partial charge >= 0.3 is 6.18 Å². The van der Waals surface area contributed by atoms with Crippen LogP contribution in [0.15, 0.2) is 18.2 Å². The van der Waals surface area contributed by atoms with Gasteiger partial charge in [0.25, 0.3) is 0 Å². The normalized spacial score (nSPS) is 13.3. The highest BCUT2D eigenvalue weighted by atomic mass is 19.4. The summed E-state index contributed by atoms with van der Waals surface area (Å²) < 4.78 is 47.4. The highest BCUT2D eigenvalue weighted by Crippen LogP contribution is 2.32. The number of hydrogen-bond donors (Lipinski definition) is 2. The zero-order valence-corrected chi connectivity index (χ0v) is 10.8. The van der Waals surface area contributed by atoms with Gasteiger partial charge in [-0.2, -0.15) is 13.2 Å². The van der Waals surface area contributed by atoms with E-state index >= 15 is 0 Å². The molecule has 0 heterocycles. The summed E-state index contributed by atoms with van der Waals surface area (Å²) in [5.41, 5.74) is 5.30. The monoisotopic (exact) mass is 278 g/mol. The number of nitrogens with two attached hydrogens (primary N) is 1. The first-order valence-corrected chi connectivity index (χ1v) is 5.60. The van der Waals surface area contributed by atoms with Crippen molar-refractivity contribution in [1.29, 1.82) is 0 Å². The van der Waals surface area contributed by atoms with Crippen molar-refractivity contribution in [2.24, 2.45) is 0 Å². The zero-order chi connectivity index (χ0) is 14.5. The first-order chi connectivity index (χ1) is 8.88. The largest absolute Gasteiger partial charge is 0.416 e. The van der Waals surface area contributed by atoms with E-state index in [1.54, 1.807) is 7.11 Å². The quantitative estimate of drug-likeness (QED) is 0.784. The molecule has 3 N–H and O–H groups in total. The molecule has 1 unspecified atom stereocenters. The van der Waals surface area contributed by atoms with Crippen molar-refractivity contribution >= 4 is 11.4 Å². The van der Waals surface area contributed by atoms with Crippen LogP contribution in [0.1, 0.15) is 5.56 Å². The highest BCUT2D eigenvalue weighted by molar-refractivity contribution is 5.67. The molecule has 0 bridgehead atoms. The maximum atomic E-state index is 12.5. The van der Waals surface area contributed by atoms with E-state index < -0.39 is 11.7 Å². The molecule has 0 aromatic heterocycles. The van der Waals surface area contributed by atoms with Crippen LogP contribution in [0.25, 0.3) is 0 Å². The van der Waals surface area contributed by atoms with Gasteiger partial charge in [0, 0.05) is 20.8 Å². The Balaban J connectivity index is 2.70. The predicted octanol–water partition coefficient (Wildman–Crippen LogP) is 2.36. The number of rotatable bonds is 6. The third-order valence-electron chi connectivity index (χ3n) is 2.58. The van der Waals surface area contributed by atoms with E-state index in [-0.39, 0.29) is 11.8 Å². The van der Waals surface area contributed by atoms with Crippen molar-refractivity contribution < 1.29 is 22.6 Å². The third-order valence-corrected chi connectivity index (χ3v) is 2.58. The van der Waals surface area contributed by atoms with Gasteiger partial charge in [0.15, 0.2) is 0 Å². The van der Waals surface area contributed by atoms with Crippen molar-refractivity contribution in [3.05, 3.63) is 23.8 Å². The molecule has 1 rings (SSSR count). The molecule has 0 amide bonds. The van der Waals surface area contributed by atoms with E-state index in [9.17, 15) is 13.2 Å². The van der Waals surface area contributed by atoms with E-state index in [1.165, 1.54) is 13.2 Å². The molecule has 0 fully saturated rings. The Labute approximate surface area is 109 Å².